The number of nitrogens with one attached hydrogen (secondary N) is 2. The molecular formula is C17H17FN2O2. The Balaban J connectivity index is 1.84. The van der Waals surface area contributed by atoms with Crippen LogP contribution in [0.15, 0.2) is 54.6 Å². The van der Waals surface area contributed by atoms with E-state index < -0.39 is 11.8 Å². The third-order valence-electron chi connectivity index (χ3n) is 3.22. The van der Waals surface area contributed by atoms with Gasteiger partial charge in [0.1, 0.15) is 5.82 Å². The molecule has 0 aromatic heterocycles. The summed E-state index contributed by atoms with van der Waals surface area (Å²) in [6, 6.07) is 14.8. The highest BCUT2D eigenvalue weighted by Crippen LogP contribution is 2.10. The van der Waals surface area contributed by atoms with E-state index in [0.717, 1.165) is 11.1 Å². The lowest BCUT2D eigenvalue weighted by Crippen LogP contribution is -2.40. The first-order chi connectivity index (χ1) is 10.6. The molecule has 0 aliphatic carbocycles. The van der Waals surface area contributed by atoms with E-state index in [2.05, 4.69) is 10.6 Å². The van der Waals surface area contributed by atoms with Crippen molar-refractivity contribution in [2.24, 2.45) is 0 Å². The van der Waals surface area contributed by atoms with Gasteiger partial charge < -0.3 is 10.6 Å². The van der Waals surface area contributed by atoms with Crippen LogP contribution in [0.4, 0.5) is 4.39 Å². The molecule has 0 bridgehead atoms. The molecule has 0 saturated carbocycles. The highest BCUT2D eigenvalue weighted by atomic mass is 19.1. The first kappa shape index (κ1) is 15.7. The Kier molecular flexibility index (Phi) is 5.25. The summed E-state index contributed by atoms with van der Waals surface area (Å²) in [4.78, 5) is 23.6. The molecule has 0 spiro atoms. The van der Waals surface area contributed by atoms with Crippen LogP contribution in [-0.2, 0) is 16.1 Å². The minimum absolute atomic E-state index is 0.173. The smallest absolute Gasteiger partial charge is 0.309 e. The van der Waals surface area contributed by atoms with Crippen molar-refractivity contribution >= 4 is 11.8 Å². The van der Waals surface area contributed by atoms with Gasteiger partial charge in [0, 0.05) is 6.54 Å². The Hall–Kier alpha value is -2.69. The fourth-order valence-electron chi connectivity index (χ4n) is 1.95. The van der Waals surface area contributed by atoms with Crippen LogP contribution in [0.5, 0.6) is 0 Å². The SMILES string of the molecule is CC(NC(=O)C(=O)NCc1ccc(F)cc1)c1ccccc1. The Morgan fingerprint density at radius 2 is 1.64 bits per heavy atom. The zero-order chi connectivity index (χ0) is 15.9. The van der Waals surface area contributed by atoms with Gasteiger partial charge in [0.25, 0.3) is 0 Å². The summed E-state index contributed by atoms with van der Waals surface area (Å²) < 4.78 is 12.8. The molecule has 2 rings (SSSR count). The lowest BCUT2D eigenvalue weighted by molar-refractivity contribution is -0.139. The van der Waals surface area contributed by atoms with E-state index >= 15 is 0 Å². The molecule has 2 amide bonds. The Labute approximate surface area is 128 Å². The van der Waals surface area contributed by atoms with E-state index in [-0.39, 0.29) is 18.4 Å². The van der Waals surface area contributed by atoms with Crippen molar-refractivity contribution in [3.63, 3.8) is 0 Å². The van der Waals surface area contributed by atoms with Crippen molar-refractivity contribution in [1.82, 2.24) is 10.6 Å². The molecule has 114 valence electrons. The van der Waals surface area contributed by atoms with Crippen LogP contribution in [0.1, 0.15) is 24.1 Å². The highest BCUT2D eigenvalue weighted by Gasteiger charge is 2.16. The molecule has 0 aliphatic heterocycles. The molecule has 0 saturated heterocycles. The van der Waals surface area contributed by atoms with Gasteiger partial charge >= 0.3 is 11.8 Å². The number of halogens is 1. The van der Waals surface area contributed by atoms with Crippen molar-refractivity contribution in [3.05, 3.63) is 71.5 Å². The average Bonchev–Trinajstić information content (AvgIpc) is 2.54. The molecule has 2 aromatic rings. The number of hydrogen-bond donors (Lipinski definition) is 2. The third-order valence-corrected chi connectivity index (χ3v) is 3.22. The topological polar surface area (TPSA) is 58.2 Å². The second-order valence-corrected chi connectivity index (χ2v) is 4.91. The van der Waals surface area contributed by atoms with Crippen molar-refractivity contribution < 1.29 is 14.0 Å². The Morgan fingerprint density at radius 3 is 2.27 bits per heavy atom. The predicted molar refractivity (Wildman–Crippen MR) is 81.2 cm³/mol. The highest BCUT2D eigenvalue weighted by molar-refractivity contribution is 6.35. The van der Waals surface area contributed by atoms with Gasteiger partial charge in [0.15, 0.2) is 0 Å². The van der Waals surface area contributed by atoms with Crippen molar-refractivity contribution in [1.29, 1.82) is 0 Å². The zero-order valence-electron chi connectivity index (χ0n) is 12.2. The molecule has 0 heterocycles. The van der Waals surface area contributed by atoms with E-state index in [9.17, 15) is 14.0 Å². The van der Waals surface area contributed by atoms with Crippen molar-refractivity contribution in [3.8, 4) is 0 Å². The van der Waals surface area contributed by atoms with Gasteiger partial charge in [-0.2, -0.15) is 0 Å². The normalized spacial score (nSPS) is 11.5. The van der Waals surface area contributed by atoms with Crippen LogP contribution in [0.2, 0.25) is 0 Å². The van der Waals surface area contributed by atoms with E-state index in [0.29, 0.717) is 0 Å². The summed E-state index contributed by atoms with van der Waals surface area (Å²) >= 11 is 0. The summed E-state index contributed by atoms with van der Waals surface area (Å²) in [6.07, 6.45) is 0. The number of carbonyl (C=O) groups excluding carboxylic acids is 2. The molecule has 5 heteroatoms. The van der Waals surface area contributed by atoms with Crippen molar-refractivity contribution in [2.45, 2.75) is 19.5 Å². The Morgan fingerprint density at radius 1 is 1.00 bits per heavy atom. The lowest BCUT2D eigenvalue weighted by atomic mass is 10.1. The quantitative estimate of drug-likeness (QED) is 0.851. The van der Waals surface area contributed by atoms with Gasteiger partial charge in [-0.05, 0) is 30.2 Å². The fraction of sp³-hybridized carbons (Fsp3) is 0.176. The number of benzene rings is 2. The van der Waals surface area contributed by atoms with E-state index in [1.54, 1.807) is 19.1 Å². The number of hydrogen-bond acceptors (Lipinski definition) is 2. The number of rotatable bonds is 4. The fourth-order valence-corrected chi connectivity index (χ4v) is 1.95. The van der Waals surface area contributed by atoms with Gasteiger partial charge in [0.2, 0.25) is 0 Å². The molecule has 0 aliphatic rings. The number of amides is 2. The van der Waals surface area contributed by atoms with Gasteiger partial charge in [-0.1, -0.05) is 42.5 Å². The van der Waals surface area contributed by atoms with Crippen molar-refractivity contribution in [2.75, 3.05) is 0 Å². The Bertz CT molecular complexity index is 641. The molecule has 0 radical (unpaired) electrons. The molecule has 2 aromatic carbocycles. The van der Waals surface area contributed by atoms with E-state index in [1.807, 2.05) is 30.3 Å². The molecule has 2 N–H and O–H groups in total. The maximum atomic E-state index is 12.8. The maximum Gasteiger partial charge on any atom is 0.309 e. The van der Waals surface area contributed by atoms with Crippen LogP contribution in [-0.4, -0.2) is 11.8 Å². The minimum Gasteiger partial charge on any atom is -0.344 e. The first-order valence-electron chi connectivity index (χ1n) is 6.94. The van der Waals surface area contributed by atoms with E-state index in [1.165, 1.54) is 12.1 Å². The van der Waals surface area contributed by atoms with Gasteiger partial charge in [0.05, 0.1) is 6.04 Å². The monoisotopic (exact) mass is 300 g/mol. The second kappa shape index (κ2) is 7.36. The van der Waals surface area contributed by atoms with Crippen LogP contribution < -0.4 is 10.6 Å². The minimum atomic E-state index is -0.716. The van der Waals surface area contributed by atoms with Gasteiger partial charge in [-0.25, -0.2) is 4.39 Å². The van der Waals surface area contributed by atoms with Crippen LogP contribution >= 0.6 is 0 Å². The summed E-state index contributed by atoms with van der Waals surface area (Å²) in [5.74, 6) is -1.75. The van der Waals surface area contributed by atoms with Crippen LogP contribution in [0.3, 0.4) is 0 Å². The molecule has 1 atom stereocenters. The zero-order valence-corrected chi connectivity index (χ0v) is 12.2. The van der Waals surface area contributed by atoms with Gasteiger partial charge in [-0.3, -0.25) is 9.59 Å². The third kappa shape index (κ3) is 4.41. The molecule has 0 fully saturated rings. The molecule has 1 unspecified atom stereocenters. The summed E-state index contributed by atoms with van der Waals surface area (Å²) in [6.45, 7) is 1.98. The predicted octanol–water partition coefficient (Wildman–Crippen LogP) is 2.32. The second-order valence-electron chi connectivity index (χ2n) is 4.91. The summed E-state index contributed by atoms with van der Waals surface area (Å²) in [5, 5.41) is 5.13. The molecular weight excluding hydrogens is 283 g/mol. The number of carbonyl (C=O) groups is 2. The molecule has 22 heavy (non-hydrogen) atoms. The standard InChI is InChI=1S/C17H17FN2O2/c1-12(14-5-3-2-4-6-14)20-17(22)16(21)19-11-13-7-9-15(18)10-8-13/h2-10,12H,11H2,1H3,(H,19,21)(H,20,22). The van der Waals surface area contributed by atoms with Crippen LogP contribution in [0.25, 0.3) is 0 Å². The average molecular weight is 300 g/mol. The van der Waals surface area contributed by atoms with E-state index in [4.69, 9.17) is 0 Å². The first-order valence-corrected chi connectivity index (χ1v) is 6.94. The lowest BCUT2D eigenvalue weighted by Gasteiger charge is -2.14. The summed E-state index contributed by atoms with van der Waals surface area (Å²) in [7, 11) is 0. The van der Waals surface area contributed by atoms with Crippen LogP contribution in [0, 0.1) is 5.82 Å². The maximum absolute atomic E-state index is 12.8. The summed E-state index contributed by atoms with van der Waals surface area (Å²) in [5.41, 5.74) is 1.64. The molecule has 4 nitrogen and oxygen atoms in total. The largest absolute Gasteiger partial charge is 0.344 e. The van der Waals surface area contributed by atoms with Gasteiger partial charge in [-0.15, -0.1) is 0 Å².